The van der Waals surface area contributed by atoms with Crippen molar-refractivity contribution in [3.05, 3.63) is 130 Å². The first-order valence-electron chi connectivity index (χ1n) is 12.7. The van der Waals surface area contributed by atoms with E-state index in [4.69, 9.17) is 5.11 Å². The number of hydrogen-bond acceptors (Lipinski definition) is 3. The van der Waals surface area contributed by atoms with Gasteiger partial charge in [0.15, 0.2) is 0 Å². The Labute approximate surface area is 236 Å². The number of benzene rings is 3. The largest absolute Gasteiger partial charge is 0.478 e. The van der Waals surface area contributed by atoms with Gasteiger partial charge in [0.1, 0.15) is 11.6 Å². The third-order valence-corrected chi connectivity index (χ3v) is 6.78. The molecule has 5 aromatic rings. The number of nitrogens with zero attached hydrogens (tertiary/aromatic N) is 2. The molecule has 3 aromatic carbocycles. The molecule has 42 heavy (non-hydrogen) atoms. The van der Waals surface area contributed by atoms with Gasteiger partial charge < -0.3 is 10.4 Å². The van der Waals surface area contributed by atoms with Crippen molar-refractivity contribution in [2.24, 2.45) is 0 Å². The number of carbonyl (C=O) groups is 2. The number of halogens is 5. The van der Waals surface area contributed by atoms with Crippen molar-refractivity contribution in [2.75, 3.05) is 0 Å². The number of alkyl halides is 3. The molecule has 214 valence electrons. The molecule has 0 unspecified atom stereocenters. The number of hydrogen-bond donors (Lipinski definition) is 2. The van der Waals surface area contributed by atoms with Gasteiger partial charge in [-0.2, -0.15) is 18.3 Å². The Morgan fingerprint density at radius 2 is 1.64 bits per heavy atom. The van der Waals surface area contributed by atoms with Crippen molar-refractivity contribution in [3.8, 4) is 11.1 Å². The van der Waals surface area contributed by atoms with Crippen LogP contribution in [0.4, 0.5) is 22.0 Å². The highest BCUT2D eigenvalue weighted by Crippen LogP contribution is 2.32. The van der Waals surface area contributed by atoms with Crippen LogP contribution in [0.25, 0.3) is 16.6 Å². The zero-order chi connectivity index (χ0) is 30.2. The van der Waals surface area contributed by atoms with Crippen LogP contribution in [0.1, 0.15) is 55.9 Å². The van der Waals surface area contributed by atoms with Gasteiger partial charge in [-0.05, 0) is 60.0 Å². The number of nitrogens with one attached hydrogen (secondary N) is 1. The van der Waals surface area contributed by atoms with E-state index in [-0.39, 0.29) is 28.7 Å². The predicted molar refractivity (Wildman–Crippen MR) is 144 cm³/mol. The van der Waals surface area contributed by atoms with Gasteiger partial charge in [0, 0.05) is 29.8 Å². The Bertz CT molecular complexity index is 1790. The first-order chi connectivity index (χ1) is 19.9. The van der Waals surface area contributed by atoms with E-state index in [9.17, 15) is 31.5 Å². The highest BCUT2D eigenvalue weighted by Gasteiger charge is 2.30. The van der Waals surface area contributed by atoms with E-state index >= 15 is 0 Å². The van der Waals surface area contributed by atoms with E-state index < -0.39 is 41.3 Å². The third kappa shape index (κ3) is 5.99. The van der Waals surface area contributed by atoms with Crippen molar-refractivity contribution in [1.29, 1.82) is 0 Å². The molecule has 1 atom stereocenters. The van der Waals surface area contributed by atoms with Crippen LogP contribution in [0.3, 0.4) is 0 Å². The fourth-order valence-electron chi connectivity index (χ4n) is 4.72. The van der Waals surface area contributed by atoms with Crippen molar-refractivity contribution in [3.63, 3.8) is 0 Å². The van der Waals surface area contributed by atoms with Gasteiger partial charge in [-0.3, -0.25) is 4.79 Å². The summed E-state index contributed by atoms with van der Waals surface area (Å²) in [7, 11) is 0. The highest BCUT2D eigenvalue weighted by atomic mass is 19.4. The van der Waals surface area contributed by atoms with Crippen molar-refractivity contribution in [1.82, 2.24) is 14.9 Å². The second kappa shape index (κ2) is 11.1. The van der Waals surface area contributed by atoms with Gasteiger partial charge in [0.05, 0.1) is 34.4 Å². The minimum Gasteiger partial charge on any atom is -0.478 e. The molecule has 2 aromatic heterocycles. The summed E-state index contributed by atoms with van der Waals surface area (Å²) in [6, 6.07) is 14.5. The molecule has 5 rings (SSSR count). The highest BCUT2D eigenvalue weighted by molar-refractivity contribution is 6.03. The summed E-state index contributed by atoms with van der Waals surface area (Å²) in [5.41, 5.74) is 1.48. The summed E-state index contributed by atoms with van der Waals surface area (Å²) >= 11 is 0. The molecule has 1 amide bonds. The van der Waals surface area contributed by atoms with Crippen LogP contribution >= 0.6 is 0 Å². The number of aromatic nitrogens is 2. The normalized spacial score (nSPS) is 12.3. The SMILES string of the molecule is C[C@H](NC(=O)c1cc(-c2cc(F)cc(F)c2)cn2ncc(Cc3cccc(C(F)(F)F)c3)c12)c1ccc(C(=O)O)cc1. The molecule has 0 aliphatic heterocycles. The maximum absolute atomic E-state index is 14.0. The van der Waals surface area contributed by atoms with Crippen LogP contribution in [0, 0.1) is 11.6 Å². The molecule has 0 bridgehead atoms. The molecular formula is C31H22F5N3O3. The number of carboxylic acid groups (broad SMARTS) is 1. The summed E-state index contributed by atoms with van der Waals surface area (Å²) < 4.78 is 69.3. The van der Waals surface area contributed by atoms with E-state index in [1.165, 1.54) is 47.2 Å². The molecule has 2 N–H and O–H groups in total. The number of carboxylic acids is 1. The van der Waals surface area contributed by atoms with E-state index in [0.29, 0.717) is 28.3 Å². The molecule has 0 radical (unpaired) electrons. The molecular weight excluding hydrogens is 557 g/mol. The standard InChI is InChI=1S/C31H22F5N3O3/c1-17(19-5-7-20(8-6-19)30(41)42)38-29(40)27-13-23(21-11-25(32)14-26(33)12-21)16-39-28(27)22(15-37-39)9-18-3-2-4-24(10-18)31(34,35)36/h2-8,10-17H,9H2,1H3,(H,38,40)(H,41,42)/t17-/m0/s1. The number of aromatic carboxylic acids is 1. The van der Waals surface area contributed by atoms with E-state index in [2.05, 4.69) is 10.4 Å². The molecule has 0 fully saturated rings. The Balaban J connectivity index is 1.57. The van der Waals surface area contributed by atoms with Gasteiger partial charge in [0.25, 0.3) is 5.91 Å². The van der Waals surface area contributed by atoms with Crippen molar-refractivity contribution in [2.45, 2.75) is 25.6 Å². The number of fused-ring (bicyclic) bond motifs is 1. The van der Waals surface area contributed by atoms with Crippen LogP contribution in [-0.4, -0.2) is 26.6 Å². The molecule has 0 spiro atoms. The number of rotatable bonds is 7. The third-order valence-electron chi connectivity index (χ3n) is 6.78. The summed E-state index contributed by atoms with van der Waals surface area (Å²) in [4.78, 5) is 24.9. The minimum absolute atomic E-state index is 0.0217. The molecule has 2 heterocycles. The summed E-state index contributed by atoms with van der Waals surface area (Å²) in [5, 5.41) is 16.3. The van der Waals surface area contributed by atoms with Crippen LogP contribution in [0.5, 0.6) is 0 Å². The van der Waals surface area contributed by atoms with Crippen LogP contribution in [-0.2, 0) is 12.6 Å². The molecule has 0 saturated heterocycles. The summed E-state index contributed by atoms with van der Waals surface area (Å²) in [6.07, 6.45) is -1.61. The van der Waals surface area contributed by atoms with Gasteiger partial charge in [-0.1, -0.05) is 30.3 Å². The zero-order valence-corrected chi connectivity index (χ0v) is 21.9. The Morgan fingerprint density at radius 3 is 2.29 bits per heavy atom. The van der Waals surface area contributed by atoms with Crippen molar-refractivity contribution >= 4 is 17.4 Å². The Hall–Kier alpha value is -5.06. The summed E-state index contributed by atoms with van der Waals surface area (Å²) in [6.45, 7) is 1.69. The van der Waals surface area contributed by atoms with E-state index in [1.807, 2.05) is 0 Å². The van der Waals surface area contributed by atoms with Gasteiger partial charge >= 0.3 is 12.1 Å². The van der Waals surface area contributed by atoms with E-state index in [1.54, 1.807) is 19.1 Å². The maximum Gasteiger partial charge on any atom is 0.416 e. The minimum atomic E-state index is -4.53. The fraction of sp³-hybridized carbons (Fsp3) is 0.129. The predicted octanol–water partition coefficient (Wildman–Crippen LogP) is 7.08. The lowest BCUT2D eigenvalue weighted by Crippen LogP contribution is -2.27. The Kier molecular flexibility index (Phi) is 7.51. The topological polar surface area (TPSA) is 83.7 Å². The molecule has 0 aliphatic carbocycles. The average Bonchev–Trinajstić information content (AvgIpc) is 3.34. The molecule has 0 aliphatic rings. The second-order valence-electron chi connectivity index (χ2n) is 9.76. The lowest BCUT2D eigenvalue weighted by molar-refractivity contribution is -0.137. The first-order valence-corrected chi connectivity index (χ1v) is 12.7. The smallest absolute Gasteiger partial charge is 0.416 e. The lowest BCUT2D eigenvalue weighted by atomic mass is 9.99. The second-order valence-corrected chi connectivity index (χ2v) is 9.76. The molecule has 6 nitrogen and oxygen atoms in total. The fourth-order valence-corrected chi connectivity index (χ4v) is 4.72. The van der Waals surface area contributed by atoms with Gasteiger partial charge in [-0.15, -0.1) is 0 Å². The average molecular weight is 580 g/mol. The molecule has 11 heteroatoms. The monoisotopic (exact) mass is 579 g/mol. The number of pyridine rings is 1. The van der Waals surface area contributed by atoms with E-state index in [0.717, 1.165) is 24.3 Å². The quantitative estimate of drug-likeness (QED) is 0.202. The van der Waals surface area contributed by atoms with Crippen molar-refractivity contribution < 1.29 is 36.6 Å². The molecule has 0 saturated carbocycles. The maximum atomic E-state index is 14.0. The zero-order valence-electron chi connectivity index (χ0n) is 21.9. The van der Waals surface area contributed by atoms with Crippen LogP contribution in [0.2, 0.25) is 0 Å². The number of amides is 1. The van der Waals surface area contributed by atoms with Gasteiger partial charge in [0.2, 0.25) is 0 Å². The van der Waals surface area contributed by atoms with Gasteiger partial charge in [-0.25, -0.2) is 18.1 Å². The summed E-state index contributed by atoms with van der Waals surface area (Å²) in [5.74, 6) is -3.32. The first kappa shape index (κ1) is 28.5. The number of carbonyl (C=O) groups excluding carboxylic acids is 1. The van der Waals surface area contributed by atoms with Crippen LogP contribution < -0.4 is 5.32 Å². The lowest BCUT2D eigenvalue weighted by Gasteiger charge is -2.17. The Morgan fingerprint density at radius 1 is 0.952 bits per heavy atom. The van der Waals surface area contributed by atoms with Crippen LogP contribution in [0.15, 0.2) is 85.2 Å².